The number of carboxylic acids is 1. The molecule has 2 bridgehead atoms. The van der Waals surface area contributed by atoms with Gasteiger partial charge in [-0.05, 0) is 57.0 Å². The van der Waals surface area contributed by atoms with E-state index in [1.54, 1.807) is 0 Å². The van der Waals surface area contributed by atoms with Crippen LogP contribution >= 0.6 is 0 Å². The molecule has 3 unspecified atom stereocenters. The van der Waals surface area contributed by atoms with Crippen LogP contribution in [0, 0.1) is 12.8 Å². The van der Waals surface area contributed by atoms with Gasteiger partial charge in [0.05, 0.1) is 15.7 Å². The van der Waals surface area contributed by atoms with Crippen LogP contribution in [0.25, 0.3) is 0 Å². The Balaban J connectivity index is 2.00. The number of carbonyl (C=O) groups is 1. The maximum atomic E-state index is 13.0. The third kappa shape index (κ3) is 2.86. The van der Waals surface area contributed by atoms with E-state index in [1.165, 1.54) is 36.5 Å². The van der Waals surface area contributed by atoms with E-state index in [4.69, 9.17) is 0 Å². The molecule has 2 fully saturated rings. The van der Waals surface area contributed by atoms with E-state index < -0.39 is 38.0 Å². The second kappa shape index (κ2) is 6.04. The Morgan fingerprint density at radius 3 is 2.44 bits per heavy atom. The number of aliphatic carboxylic acids is 1. The topological polar surface area (TPSA) is 121 Å². The molecule has 3 atom stereocenters. The van der Waals surface area contributed by atoms with Gasteiger partial charge in [-0.3, -0.25) is 4.79 Å². The molecule has 2 heterocycles. The molecule has 25 heavy (non-hydrogen) atoms. The Kier molecular flexibility index (Phi) is 4.43. The molecule has 10 heteroatoms. The highest BCUT2D eigenvalue weighted by molar-refractivity contribution is 7.89. The summed E-state index contributed by atoms with van der Waals surface area (Å²) in [7, 11) is -6.27. The molecule has 2 saturated heterocycles. The Hall–Kier alpha value is -1.49. The van der Waals surface area contributed by atoms with Crippen molar-refractivity contribution in [1.82, 2.24) is 9.03 Å². The molecule has 0 spiro atoms. The molecule has 0 aliphatic carbocycles. The lowest BCUT2D eigenvalue weighted by Gasteiger charge is -2.23. The number of benzene rings is 1. The molecule has 0 aromatic heterocycles. The maximum absolute atomic E-state index is 13.0. The Morgan fingerprint density at radius 1 is 1.24 bits per heavy atom. The number of fused-ring (bicyclic) bond motifs is 2. The second-order valence-electron chi connectivity index (χ2n) is 6.45. The molecule has 1 aromatic carbocycles. The van der Waals surface area contributed by atoms with Crippen molar-refractivity contribution in [3.63, 3.8) is 0 Å². The first-order chi connectivity index (χ1) is 11.6. The normalized spacial score (nSPS) is 26.9. The third-order valence-corrected chi connectivity index (χ3v) is 8.62. The number of sulfonamides is 2. The van der Waals surface area contributed by atoms with Gasteiger partial charge in [-0.25, -0.2) is 21.6 Å². The van der Waals surface area contributed by atoms with Gasteiger partial charge >= 0.3 is 5.97 Å². The quantitative estimate of drug-likeness (QED) is 0.759. The monoisotopic (exact) mass is 388 g/mol. The number of nitrogens with one attached hydrogen (secondary N) is 1. The fourth-order valence-electron chi connectivity index (χ4n) is 3.89. The van der Waals surface area contributed by atoms with Gasteiger partial charge in [0.1, 0.15) is 0 Å². The molecule has 3 rings (SSSR count). The first-order valence-corrected chi connectivity index (χ1v) is 10.8. The molecule has 0 saturated carbocycles. The van der Waals surface area contributed by atoms with Gasteiger partial charge in [0.25, 0.3) is 0 Å². The van der Waals surface area contributed by atoms with Crippen LogP contribution in [0.3, 0.4) is 0 Å². The van der Waals surface area contributed by atoms with Gasteiger partial charge in [0.15, 0.2) is 0 Å². The van der Waals surface area contributed by atoms with Crippen LogP contribution in [0.1, 0.15) is 24.8 Å². The van der Waals surface area contributed by atoms with Crippen molar-refractivity contribution in [2.75, 3.05) is 7.05 Å². The molecule has 138 valence electrons. The van der Waals surface area contributed by atoms with Crippen LogP contribution in [-0.4, -0.2) is 51.3 Å². The molecular weight excluding hydrogens is 368 g/mol. The van der Waals surface area contributed by atoms with Crippen molar-refractivity contribution in [2.45, 2.75) is 48.1 Å². The van der Waals surface area contributed by atoms with Gasteiger partial charge in [0, 0.05) is 12.1 Å². The zero-order chi connectivity index (χ0) is 18.6. The molecular formula is C15H20N2O6S2. The lowest BCUT2D eigenvalue weighted by atomic mass is 9.89. The third-order valence-electron chi connectivity index (χ3n) is 5.07. The number of hydrogen-bond acceptors (Lipinski definition) is 5. The van der Waals surface area contributed by atoms with Gasteiger partial charge in [0.2, 0.25) is 20.0 Å². The van der Waals surface area contributed by atoms with E-state index in [-0.39, 0.29) is 15.8 Å². The van der Waals surface area contributed by atoms with Crippen molar-refractivity contribution in [3.8, 4) is 0 Å². The second-order valence-corrected chi connectivity index (χ2v) is 10.1. The maximum Gasteiger partial charge on any atom is 0.308 e. The number of rotatable bonds is 5. The minimum atomic E-state index is -3.88. The molecule has 8 nitrogen and oxygen atoms in total. The van der Waals surface area contributed by atoms with Crippen molar-refractivity contribution in [1.29, 1.82) is 0 Å². The van der Waals surface area contributed by atoms with Crippen LogP contribution in [0.4, 0.5) is 0 Å². The van der Waals surface area contributed by atoms with E-state index in [1.807, 2.05) is 0 Å². The summed E-state index contributed by atoms with van der Waals surface area (Å²) in [5, 5.41) is 9.29. The lowest BCUT2D eigenvalue weighted by Crippen LogP contribution is -2.37. The summed E-state index contributed by atoms with van der Waals surface area (Å²) < 4.78 is 53.4. The van der Waals surface area contributed by atoms with Gasteiger partial charge in [-0.1, -0.05) is 0 Å². The van der Waals surface area contributed by atoms with Crippen LogP contribution in [0.2, 0.25) is 0 Å². The number of aryl methyl sites for hydroxylation is 1. The average molecular weight is 388 g/mol. The minimum absolute atomic E-state index is 0.0111. The largest absolute Gasteiger partial charge is 0.481 e. The van der Waals surface area contributed by atoms with Gasteiger partial charge in [-0.2, -0.15) is 4.31 Å². The summed E-state index contributed by atoms with van der Waals surface area (Å²) in [4.78, 5) is 11.4. The fourth-order valence-corrected chi connectivity index (χ4v) is 6.85. The first kappa shape index (κ1) is 18.3. The predicted molar refractivity (Wildman–Crippen MR) is 89.0 cm³/mol. The summed E-state index contributed by atoms with van der Waals surface area (Å²) in [6.45, 7) is 1.53. The van der Waals surface area contributed by atoms with Crippen molar-refractivity contribution in [2.24, 2.45) is 5.92 Å². The molecule has 1 aromatic rings. The van der Waals surface area contributed by atoms with Crippen LogP contribution in [-0.2, 0) is 24.8 Å². The number of hydrogen-bond donors (Lipinski definition) is 2. The van der Waals surface area contributed by atoms with Gasteiger partial charge in [-0.15, -0.1) is 0 Å². The van der Waals surface area contributed by atoms with Crippen LogP contribution in [0.5, 0.6) is 0 Å². The molecule has 0 radical (unpaired) electrons. The Morgan fingerprint density at radius 2 is 1.92 bits per heavy atom. The van der Waals surface area contributed by atoms with Gasteiger partial charge < -0.3 is 5.11 Å². The zero-order valence-corrected chi connectivity index (χ0v) is 15.5. The van der Waals surface area contributed by atoms with Crippen molar-refractivity contribution < 1.29 is 26.7 Å². The molecule has 0 amide bonds. The molecule has 2 aliphatic rings. The number of nitrogens with zero attached hydrogens (tertiary/aromatic N) is 1. The van der Waals surface area contributed by atoms with Crippen LogP contribution in [0.15, 0.2) is 28.0 Å². The van der Waals surface area contributed by atoms with Crippen molar-refractivity contribution in [3.05, 3.63) is 23.8 Å². The summed E-state index contributed by atoms with van der Waals surface area (Å²) in [5.41, 5.74) is 0.316. The highest BCUT2D eigenvalue weighted by atomic mass is 32.2. The smallest absolute Gasteiger partial charge is 0.308 e. The molecule has 2 N–H and O–H groups in total. The summed E-state index contributed by atoms with van der Waals surface area (Å²) in [6, 6.07) is 3.01. The number of carboxylic acid groups (broad SMARTS) is 1. The Bertz CT molecular complexity index is 925. The van der Waals surface area contributed by atoms with E-state index in [9.17, 15) is 26.7 Å². The standard InChI is InChI=1S/C15H20N2O6S2/c1-9-7-11(4-6-14(9)24(20,21)16-2)25(22,23)17-10-3-5-13(17)12(8-10)15(18)19/h4,6-7,10,12-13,16H,3,5,8H2,1-2H3,(H,18,19). The average Bonchev–Trinajstić information content (AvgIpc) is 3.13. The predicted octanol–water partition coefficient (Wildman–Crippen LogP) is 0.529. The van der Waals surface area contributed by atoms with E-state index in [0.29, 0.717) is 24.8 Å². The van der Waals surface area contributed by atoms with E-state index >= 15 is 0 Å². The summed E-state index contributed by atoms with van der Waals surface area (Å²) in [6.07, 6.45) is 1.51. The highest BCUT2D eigenvalue weighted by Gasteiger charge is 2.54. The molecule has 2 aliphatic heterocycles. The Labute approximate surface area is 146 Å². The van der Waals surface area contributed by atoms with Crippen molar-refractivity contribution >= 4 is 26.0 Å². The first-order valence-electron chi connectivity index (χ1n) is 7.90. The summed E-state index contributed by atoms with van der Waals surface area (Å²) in [5.74, 6) is -1.65. The van der Waals surface area contributed by atoms with Crippen LogP contribution < -0.4 is 4.72 Å². The SMILES string of the molecule is CNS(=O)(=O)c1ccc(S(=O)(=O)N2C3CCC2C(C(=O)O)C3)cc1C. The zero-order valence-electron chi connectivity index (χ0n) is 13.8. The summed E-state index contributed by atoms with van der Waals surface area (Å²) >= 11 is 0. The highest BCUT2D eigenvalue weighted by Crippen LogP contribution is 2.45. The minimum Gasteiger partial charge on any atom is -0.481 e. The fraction of sp³-hybridized carbons (Fsp3) is 0.533. The van der Waals surface area contributed by atoms with E-state index in [0.717, 1.165) is 0 Å². The van der Waals surface area contributed by atoms with E-state index in [2.05, 4.69) is 4.72 Å². The lowest BCUT2D eigenvalue weighted by molar-refractivity contribution is -0.142.